The molecule has 0 spiro atoms. The summed E-state index contributed by atoms with van der Waals surface area (Å²) in [6.07, 6.45) is 0. The number of methoxy groups -OCH3 is 1. The summed E-state index contributed by atoms with van der Waals surface area (Å²) in [4.78, 5) is 12.5. The molecule has 0 aromatic heterocycles. The lowest BCUT2D eigenvalue weighted by Crippen LogP contribution is -2.40. The quantitative estimate of drug-likeness (QED) is 0.713. The third-order valence-electron chi connectivity index (χ3n) is 4.61. The van der Waals surface area contributed by atoms with Gasteiger partial charge in [0, 0.05) is 18.8 Å². The molecule has 29 heavy (non-hydrogen) atoms. The Labute approximate surface area is 170 Å². The Morgan fingerprint density at radius 1 is 1.17 bits per heavy atom. The standard InChI is InChI=1S/C20H25N3O5S/c1-15-7-8-16(13-19(15)29(25,26)23-9-11-28-12-10-23)21-14-20(24)22-17-5-3-4-6-18(17)27-2/h3-8,13,21H,9-12,14H2,1-2H3,(H,22,24). The van der Waals surface area contributed by atoms with Gasteiger partial charge in [0.1, 0.15) is 5.75 Å². The van der Waals surface area contributed by atoms with Gasteiger partial charge in [0.15, 0.2) is 0 Å². The molecule has 1 aliphatic heterocycles. The van der Waals surface area contributed by atoms with Crippen molar-refractivity contribution in [3.8, 4) is 5.75 Å². The largest absolute Gasteiger partial charge is 0.495 e. The molecule has 0 atom stereocenters. The summed E-state index contributed by atoms with van der Waals surface area (Å²) >= 11 is 0. The lowest BCUT2D eigenvalue weighted by atomic mass is 10.2. The van der Waals surface area contributed by atoms with Crippen LogP contribution in [0.5, 0.6) is 5.75 Å². The van der Waals surface area contributed by atoms with Crippen LogP contribution < -0.4 is 15.4 Å². The van der Waals surface area contributed by atoms with E-state index in [1.165, 1.54) is 11.4 Å². The molecule has 8 nitrogen and oxygen atoms in total. The van der Waals surface area contributed by atoms with Crippen molar-refractivity contribution in [3.05, 3.63) is 48.0 Å². The molecule has 3 rings (SSSR count). The van der Waals surface area contributed by atoms with Gasteiger partial charge in [0.25, 0.3) is 0 Å². The number of sulfonamides is 1. The fourth-order valence-corrected chi connectivity index (χ4v) is 4.70. The fourth-order valence-electron chi connectivity index (χ4n) is 3.04. The molecule has 2 N–H and O–H groups in total. The van der Waals surface area contributed by atoms with E-state index in [9.17, 15) is 13.2 Å². The van der Waals surface area contributed by atoms with Crippen LogP contribution in [-0.4, -0.2) is 58.6 Å². The minimum Gasteiger partial charge on any atom is -0.495 e. The molecule has 1 aliphatic rings. The highest BCUT2D eigenvalue weighted by atomic mass is 32.2. The van der Waals surface area contributed by atoms with Crippen LogP contribution in [-0.2, 0) is 19.6 Å². The highest BCUT2D eigenvalue weighted by molar-refractivity contribution is 7.89. The van der Waals surface area contributed by atoms with Crippen LogP contribution in [0.1, 0.15) is 5.56 Å². The molecule has 156 valence electrons. The van der Waals surface area contributed by atoms with E-state index in [1.54, 1.807) is 43.3 Å². The number of ether oxygens (including phenoxy) is 2. The second-order valence-electron chi connectivity index (χ2n) is 6.60. The van der Waals surface area contributed by atoms with Crippen molar-refractivity contribution in [2.45, 2.75) is 11.8 Å². The van der Waals surface area contributed by atoms with Crippen LogP contribution in [0.2, 0.25) is 0 Å². The molecule has 9 heteroatoms. The summed E-state index contributed by atoms with van der Waals surface area (Å²) < 4.78 is 37.8. The van der Waals surface area contributed by atoms with Crippen molar-refractivity contribution in [2.24, 2.45) is 0 Å². The average Bonchev–Trinajstić information content (AvgIpc) is 2.74. The maximum Gasteiger partial charge on any atom is 0.243 e. The third-order valence-corrected chi connectivity index (χ3v) is 6.65. The molecular formula is C20H25N3O5S. The second-order valence-corrected chi connectivity index (χ2v) is 8.51. The first-order valence-corrected chi connectivity index (χ1v) is 10.7. The van der Waals surface area contributed by atoms with Crippen molar-refractivity contribution in [1.29, 1.82) is 0 Å². The Kier molecular flexibility index (Phi) is 6.73. The zero-order valence-electron chi connectivity index (χ0n) is 16.5. The summed E-state index contributed by atoms with van der Waals surface area (Å²) in [5, 5.41) is 5.76. The zero-order chi connectivity index (χ0) is 20.9. The Hall–Kier alpha value is -2.62. The number of rotatable bonds is 7. The van der Waals surface area contributed by atoms with Crippen molar-refractivity contribution in [2.75, 3.05) is 50.6 Å². The topological polar surface area (TPSA) is 97.0 Å². The maximum absolute atomic E-state index is 13.0. The summed E-state index contributed by atoms with van der Waals surface area (Å²) in [6.45, 7) is 3.18. The summed E-state index contributed by atoms with van der Waals surface area (Å²) in [7, 11) is -2.08. The molecule has 0 unspecified atom stereocenters. The molecule has 2 aromatic rings. The van der Waals surface area contributed by atoms with Gasteiger partial charge in [-0.25, -0.2) is 8.42 Å². The van der Waals surface area contributed by atoms with E-state index in [-0.39, 0.29) is 17.3 Å². The maximum atomic E-state index is 13.0. The Morgan fingerprint density at radius 3 is 2.62 bits per heavy atom. The zero-order valence-corrected chi connectivity index (χ0v) is 17.3. The van der Waals surface area contributed by atoms with Gasteiger partial charge in [-0.2, -0.15) is 4.31 Å². The number of nitrogens with one attached hydrogen (secondary N) is 2. The summed E-state index contributed by atoms with van der Waals surface area (Å²) in [5.41, 5.74) is 1.78. The number of benzene rings is 2. The number of carbonyl (C=O) groups excluding carboxylic acids is 1. The minimum atomic E-state index is -3.62. The van der Waals surface area contributed by atoms with Gasteiger partial charge in [-0.1, -0.05) is 18.2 Å². The number of morpholine rings is 1. The van der Waals surface area contributed by atoms with Crippen molar-refractivity contribution in [1.82, 2.24) is 4.31 Å². The molecule has 1 heterocycles. The molecule has 1 fully saturated rings. The van der Waals surface area contributed by atoms with Crippen molar-refractivity contribution >= 4 is 27.3 Å². The Balaban J connectivity index is 1.69. The molecular weight excluding hydrogens is 394 g/mol. The van der Waals surface area contributed by atoms with Crippen molar-refractivity contribution < 1.29 is 22.7 Å². The fraction of sp³-hybridized carbons (Fsp3) is 0.350. The number of carbonyl (C=O) groups is 1. The molecule has 0 aliphatic carbocycles. The number of nitrogens with zero attached hydrogens (tertiary/aromatic N) is 1. The van der Waals surface area contributed by atoms with Crippen LogP contribution in [0, 0.1) is 6.92 Å². The molecule has 2 aromatic carbocycles. The average molecular weight is 420 g/mol. The summed E-state index contributed by atoms with van der Waals surface area (Å²) in [6, 6.07) is 12.2. The number of aryl methyl sites for hydroxylation is 1. The van der Waals surface area contributed by atoms with Crippen LogP contribution in [0.25, 0.3) is 0 Å². The van der Waals surface area contributed by atoms with E-state index >= 15 is 0 Å². The first kappa shape index (κ1) is 21.1. The van der Waals surface area contributed by atoms with Crippen molar-refractivity contribution in [3.63, 3.8) is 0 Å². The lowest BCUT2D eigenvalue weighted by Gasteiger charge is -2.27. The van der Waals surface area contributed by atoms with Gasteiger partial charge in [0.2, 0.25) is 15.9 Å². The van der Waals surface area contributed by atoms with Gasteiger partial charge >= 0.3 is 0 Å². The predicted octanol–water partition coefficient (Wildman–Crippen LogP) is 2.08. The van der Waals surface area contributed by atoms with E-state index in [2.05, 4.69) is 10.6 Å². The van der Waals surface area contributed by atoms with E-state index < -0.39 is 10.0 Å². The molecule has 1 saturated heterocycles. The second kappa shape index (κ2) is 9.25. The van der Waals surface area contributed by atoms with Crippen LogP contribution in [0.3, 0.4) is 0 Å². The highest BCUT2D eigenvalue weighted by Crippen LogP contribution is 2.25. The van der Waals surface area contributed by atoms with Gasteiger partial charge in [-0.05, 0) is 36.8 Å². The SMILES string of the molecule is COc1ccccc1NC(=O)CNc1ccc(C)c(S(=O)(=O)N2CCOCC2)c1. The normalized spacial score (nSPS) is 15.0. The smallest absolute Gasteiger partial charge is 0.243 e. The number of hydrogen-bond acceptors (Lipinski definition) is 6. The number of para-hydroxylation sites is 2. The summed E-state index contributed by atoms with van der Waals surface area (Å²) in [5.74, 6) is 0.294. The monoisotopic (exact) mass is 419 g/mol. The number of amides is 1. The molecule has 1 amide bonds. The van der Waals surface area contributed by atoms with Crippen LogP contribution in [0.4, 0.5) is 11.4 Å². The molecule has 0 saturated carbocycles. The van der Waals surface area contributed by atoms with Crippen LogP contribution in [0.15, 0.2) is 47.4 Å². The van der Waals surface area contributed by atoms with E-state index in [0.717, 1.165) is 0 Å². The van der Waals surface area contributed by atoms with E-state index in [4.69, 9.17) is 9.47 Å². The van der Waals surface area contributed by atoms with Gasteiger partial charge in [-0.15, -0.1) is 0 Å². The highest BCUT2D eigenvalue weighted by Gasteiger charge is 2.27. The Bertz CT molecular complexity index is 972. The molecule has 0 radical (unpaired) electrons. The third kappa shape index (κ3) is 5.06. The first-order chi connectivity index (χ1) is 13.9. The minimum absolute atomic E-state index is 0.0157. The predicted molar refractivity (Wildman–Crippen MR) is 111 cm³/mol. The number of anilines is 2. The lowest BCUT2D eigenvalue weighted by molar-refractivity contribution is -0.114. The van der Waals surface area contributed by atoms with Crippen LogP contribution >= 0.6 is 0 Å². The van der Waals surface area contributed by atoms with Gasteiger partial charge in [-0.3, -0.25) is 4.79 Å². The first-order valence-electron chi connectivity index (χ1n) is 9.27. The van der Waals surface area contributed by atoms with E-state index in [1.807, 2.05) is 6.07 Å². The Morgan fingerprint density at radius 2 is 1.90 bits per heavy atom. The van der Waals surface area contributed by atoms with Gasteiger partial charge < -0.3 is 20.1 Å². The van der Waals surface area contributed by atoms with E-state index in [0.29, 0.717) is 49.0 Å². The molecule has 0 bridgehead atoms. The number of hydrogen-bond donors (Lipinski definition) is 2. The van der Waals surface area contributed by atoms with Gasteiger partial charge in [0.05, 0.1) is 37.5 Å².